The van der Waals surface area contributed by atoms with Gasteiger partial charge in [-0.15, -0.1) is 0 Å². The number of benzene rings is 1. The number of allylic oxidation sites excluding steroid dienone is 4. The maximum absolute atomic E-state index is 13.1. The van der Waals surface area contributed by atoms with E-state index in [4.69, 9.17) is 11.6 Å². The summed E-state index contributed by atoms with van der Waals surface area (Å²) in [5.41, 5.74) is 2.03. The predicted octanol–water partition coefficient (Wildman–Crippen LogP) is 5.27. The molecule has 0 aromatic heterocycles. The van der Waals surface area contributed by atoms with Crippen LogP contribution in [-0.2, 0) is 4.79 Å². The summed E-state index contributed by atoms with van der Waals surface area (Å²) < 4.78 is 0. The van der Waals surface area contributed by atoms with Gasteiger partial charge in [0.25, 0.3) is 5.91 Å². The van der Waals surface area contributed by atoms with Gasteiger partial charge < -0.3 is 5.32 Å². The van der Waals surface area contributed by atoms with Crippen molar-refractivity contribution >= 4 is 29.3 Å². The number of hydrogen-bond acceptors (Lipinski definition) is 3. The maximum atomic E-state index is 13.1. The fraction of sp³-hybridized carbons (Fsp3) is 0.480. The van der Waals surface area contributed by atoms with E-state index in [0.717, 1.165) is 6.42 Å². The molecule has 4 rings (SSSR count). The first kappa shape index (κ1) is 21.8. The number of imide groups is 1. The maximum Gasteiger partial charge on any atom is 0.326 e. The number of halogens is 1. The zero-order valence-corrected chi connectivity index (χ0v) is 19.2. The number of amides is 3. The average molecular weight is 441 g/mol. The van der Waals surface area contributed by atoms with Gasteiger partial charge in [-0.1, -0.05) is 63.1 Å². The van der Waals surface area contributed by atoms with Gasteiger partial charge in [0.2, 0.25) is 0 Å². The van der Waals surface area contributed by atoms with Gasteiger partial charge >= 0.3 is 6.03 Å². The molecular formula is C25H29ClN2O3. The number of ketones is 1. The van der Waals surface area contributed by atoms with Crippen LogP contribution in [0.5, 0.6) is 0 Å². The molecule has 0 aliphatic heterocycles. The summed E-state index contributed by atoms with van der Waals surface area (Å²) >= 11 is 6.01. The van der Waals surface area contributed by atoms with Crippen LogP contribution in [0, 0.1) is 28.6 Å². The Bertz CT molecular complexity index is 1030. The highest BCUT2D eigenvalue weighted by molar-refractivity contribution is 6.34. The molecule has 164 valence electrons. The van der Waals surface area contributed by atoms with Crippen LogP contribution in [0.25, 0.3) is 0 Å². The standard InChI is InChI=1S/C25H29ClN2O3/c1-14-16(18-13-15-11-12-25(18,4)24(15,2)3)9-10-20(21(14)29)27-23(31)28-22(30)17-7-5-6-8-19(17)26/h5-10,14-15,18H,11-13H2,1-4H3,(H2,27,28,30,31). The number of urea groups is 1. The monoisotopic (exact) mass is 440 g/mol. The molecule has 0 saturated heterocycles. The van der Waals surface area contributed by atoms with E-state index in [1.165, 1.54) is 24.5 Å². The lowest BCUT2D eigenvalue weighted by molar-refractivity contribution is -0.118. The first-order chi connectivity index (χ1) is 14.6. The average Bonchev–Trinajstić information content (AvgIpc) is 3.05. The minimum absolute atomic E-state index is 0.123. The summed E-state index contributed by atoms with van der Waals surface area (Å²) in [5.74, 6) is 0.0383. The minimum Gasteiger partial charge on any atom is -0.304 e. The number of nitrogens with one attached hydrogen (secondary N) is 2. The molecule has 4 atom stereocenters. The zero-order chi connectivity index (χ0) is 22.6. The van der Waals surface area contributed by atoms with E-state index in [2.05, 4.69) is 31.4 Å². The third kappa shape index (κ3) is 3.43. The van der Waals surface area contributed by atoms with Gasteiger partial charge in [-0.2, -0.15) is 0 Å². The smallest absolute Gasteiger partial charge is 0.304 e. The first-order valence-corrected chi connectivity index (χ1v) is 11.3. The first-order valence-electron chi connectivity index (χ1n) is 10.9. The van der Waals surface area contributed by atoms with E-state index in [1.807, 2.05) is 13.0 Å². The number of fused-ring (bicyclic) bond motifs is 2. The number of carbonyl (C=O) groups excluding carboxylic acids is 3. The van der Waals surface area contributed by atoms with Crippen LogP contribution in [0.1, 0.15) is 57.3 Å². The van der Waals surface area contributed by atoms with Gasteiger partial charge in [0, 0.05) is 5.92 Å². The summed E-state index contributed by atoms with van der Waals surface area (Å²) in [6.07, 6.45) is 7.26. The number of carbonyl (C=O) groups is 3. The van der Waals surface area contributed by atoms with E-state index < -0.39 is 11.9 Å². The van der Waals surface area contributed by atoms with E-state index in [9.17, 15) is 14.4 Å². The Hall–Kier alpha value is -2.40. The fourth-order valence-electron chi connectivity index (χ4n) is 5.99. The molecule has 3 aliphatic rings. The van der Waals surface area contributed by atoms with Gasteiger partial charge in [0.15, 0.2) is 5.78 Å². The molecule has 31 heavy (non-hydrogen) atoms. The van der Waals surface area contributed by atoms with Gasteiger partial charge in [0.05, 0.1) is 16.3 Å². The zero-order valence-electron chi connectivity index (χ0n) is 18.4. The predicted molar refractivity (Wildman–Crippen MR) is 121 cm³/mol. The Morgan fingerprint density at radius 2 is 1.84 bits per heavy atom. The Kier molecular flexibility index (Phi) is 5.37. The second kappa shape index (κ2) is 7.63. The van der Waals surface area contributed by atoms with E-state index in [-0.39, 0.29) is 38.8 Å². The van der Waals surface area contributed by atoms with Crippen molar-refractivity contribution in [3.63, 3.8) is 0 Å². The lowest BCUT2D eigenvalue weighted by atomic mass is 9.62. The summed E-state index contributed by atoms with van der Waals surface area (Å²) in [7, 11) is 0. The Balaban J connectivity index is 1.48. The third-order valence-corrected chi connectivity index (χ3v) is 8.72. The van der Waals surface area contributed by atoms with Crippen molar-refractivity contribution in [1.29, 1.82) is 0 Å². The summed E-state index contributed by atoms with van der Waals surface area (Å²) in [6.45, 7) is 9.01. The van der Waals surface area contributed by atoms with Crippen LogP contribution in [-0.4, -0.2) is 17.7 Å². The summed E-state index contributed by atoms with van der Waals surface area (Å²) in [5, 5.41) is 5.03. The van der Waals surface area contributed by atoms with Crippen molar-refractivity contribution in [2.45, 2.75) is 47.0 Å². The number of rotatable bonds is 3. The molecule has 4 unspecified atom stereocenters. The number of hydrogen-bond donors (Lipinski definition) is 2. The van der Waals surface area contributed by atoms with Crippen LogP contribution < -0.4 is 10.6 Å². The molecule has 2 N–H and O–H groups in total. The molecule has 0 heterocycles. The molecule has 3 amide bonds. The second-order valence-electron chi connectivity index (χ2n) is 9.88. The van der Waals surface area contributed by atoms with Gasteiger partial charge in [-0.05, 0) is 60.1 Å². The second-order valence-corrected chi connectivity index (χ2v) is 10.3. The van der Waals surface area contributed by atoms with Crippen molar-refractivity contribution < 1.29 is 14.4 Å². The summed E-state index contributed by atoms with van der Waals surface area (Å²) in [6, 6.07) is 5.73. The van der Waals surface area contributed by atoms with Gasteiger partial charge in [0.1, 0.15) is 0 Å². The molecule has 5 nitrogen and oxygen atoms in total. The van der Waals surface area contributed by atoms with Crippen LogP contribution in [0.15, 0.2) is 47.7 Å². The molecule has 2 saturated carbocycles. The van der Waals surface area contributed by atoms with Crippen molar-refractivity contribution in [3.8, 4) is 0 Å². The molecule has 1 aromatic rings. The summed E-state index contributed by atoms with van der Waals surface area (Å²) in [4.78, 5) is 37.7. The Morgan fingerprint density at radius 3 is 2.45 bits per heavy atom. The highest BCUT2D eigenvalue weighted by atomic mass is 35.5. The van der Waals surface area contributed by atoms with Crippen molar-refractivity contribution in [1.82, 2.24) is 10.6 Å². The molecular weight excluding hydrogens is 412 g/mol. The molecule has 0 radical (unpaired) electrons. The van der Waals surface area contributed by atoms with E-state index >= 15 is 0 Å². The highest BCUT2D eigenvalue weighted by Crippen LogP contribution is 2.70. The van der Waals surface area contributed by atoms with Gasteiger partial charge in [-0.3, -0.25) is 14.9 Å². The number of Topliss-reactive ketones (excluding diaryl/α,β-unsaturated/α-hetero) is 1. The molecule has 2 bridgehead atoms. The van der Waals surface area contributed by atoms with E-state index in [1.54, 1.807) is 24.3 Å². The van der Waals surface area contributed by atoms with Crippen LogP contribution >= 0.6 is 11.6 Å². The van der Waals surface area contributed by atoms with Crippen molar-refractivity contribution in [3.05, 3.63) is 58.3 Å². The molecule has 0 spiro atoms. The molecule has 6 heteroatoms. The van der Waals surface area contributed by atoms with Crippen LogP contribution in [0.3, 0.4) is 0 Å². The Morgan fingerprint density at radius 1 is 1.13 bits per heavy atom. The Labute approximate surface area is 188 Å². The lowest BCUT2D eigenvalue weighted by Crippen LogP contribution is -2.43. The largest absolute Gasteiger partial charge is 0.326 e. The lowest BCUT2D eigenvalue weighted by Gasteiger charge is -2.42. The third-order valence-electron chi connectivity index (χ3n) is 8.39. The van der Waals surface area contributed by atoms with Crippen LogP contribution in [0.2, 0.25) is 5.02 Å². The molecule has 2 fully saturated rings. The van der Waals surface area contributed by atoms with Crippen molar-refractivity contribution in [2.24, 2.45) is 28.6 Å². The quantitative estimate of drug-likeness (QED) is 0.672. The van der Waals surface area contributed by atoms with Gasteiger partial charge in [-0.25, -0.2) is 4.79 Å². The normalized spacial score (nSPS) is 31.1. The fourth-order valence-corrected chi connectivity index (χ4v) is 6.21. The van der Waals surface area contributed by atoms with E-state index in [0.29, 0.717) is 11.8 Å². The highest BCUT2D eigenvalue weighted by Gasteiger charge is 2.62. The topological polar surface area (TPSA) is 75.3 Å². The molecule has 1 aromatic carbocycles. The van der Waals surface area contributed by atoms with Crippen LogP contribution in [0.4, 0.5) is 4.79 Å². The minimum atomic E-state index is -0.749. The molecule has 3 aliphatic carbocycles. The SMILES string of the molecule is CC1C(=O)C(NC(=O)NC(=O)c2ccccc2Cl)=CC=C1C1CC2CCC1(C)C2(C)C. The van der Waals surface area contributed by atoms with Crippen molar-refractivity contribution in [2.75, 3.05) is 0 Å².